The molecule has 0 spiro atoms. The van der Waals surface area contributed by atoms with Crippen LogP contribution in [0.4, 0.5) is 0 Å². The summed E-state index contributed by atoms with van der Waals surface area (Å²) in [6, 6.07) is 5.63. The maximum absolute atomic E-state index is 11.1. The van der Waals surface area contributed by atoms with Gasteiger partial charge in [0.1, 0.15) is 5.75 Å². The van der Waals surface area contributed by atoms with Crippen LogP contribution in [0.3, 0.4) is 0 Å². The van der Waals surface area contributed by atoms with Crippen LogP contribution in [0.25, 0.3) is 0 Å². The molecule has 1 rings (SSSR count). The molecule has 0 aliphatic carbocycles. The average Bonchev–Trinajstić information content (AvgIpc) is 2.39. The molecule has 0 unspecified atom stereocenters. The van der Waals surface area contributed by atoms with Crippen LogP contribution in [-0.4, -0.2) is 31.4 Å². The molecular weight excluding hydrogens is 244 g/mol. The fourth-order valence-corrected chi connectivity index (χ4v) is 1.92. The number of carbonyl (C=O) groups is 1. The van der Waals surface area contributed by atoms with Gasteiger partial charge in [-0.15, -0.1) is 0 Å². The standard InChI is InChI=1S/C15H20O4/c1-10-9-12(18-3)5-6-13(10)14(11(2)16)7-8-15(17)19-4/h5-9,11,14,16H,1-4H3/b8-7+/t11-,14-/m1/s1. The molecule has 1 N–H and O–H groups in total. The molecule has 0 saturated carbocycles. The Bertz CT molecular complexity index is 463. The highest BCUT2D eigenvalue weighted by Gasteiger charge is 2.17. The number of carbonyl (C=O) groups excluding carboxylic acids is 1. The molecule has 0 bridgehead atoms. The molecule has 19 heavy (non-hydrogen) atoms. The molecule has 0 radical (unpaired) electrons. The van der Waals surface area contributed by atoms with E-state index in [0.29, 0.717) is 0 Å². The van der Waals surface area contributed by atoms with Gasteiger partial charge in [0, 0.05) is 12.0 Å². The van der Waals surface area contributed by atoms with Crippen LogP contribution in [-0.2, 0) is 9.53 Å². The number of hydrogen-bond donors (Lipinski definition) is 1. The summed E-state index contributed by atoms with van der Waals surface area (Å²) >= 11 is 0. The number of benzene rings is 1. The first-order valence-electron chi connectivity index (χ1n) is 6.08. The monoisotopic (exact) mass is 264 g/mol. The maximum atomic E-state index is 11.1. The summed E-state index contributed by atoms with van der Waals surface area (Å²) in [6.07, 6.45) is 2.39. The topological polar surface area (TPSA) is 55.8 Å². The van der Waals surface area contributed by atoms with E-state index in [2.05, 4.69) is 4.74 Å². The van der Waals surface area contributed by atoms with Crippen molar-refractivity contribution in [3.8, 4) is 5.75 Å². The van der Waals surface area contributed by atoms with Crippen molar-refractivity contribution in [2.24, 2.45) is 0 Å². The smallest absolute Gasteiger partial charge is 0.330 e. The largest absolute Gasteiger partial charge is 0.497 e. The Balaban J connectivity index is 3.06. The first kappa shape index (κ1) is 15.2. The van der Waals surface area contributed by atoms with Crippen molar-refractivity contribution in [1.29, 1.82) is 0 Å². The average molecular weight is 264 g/mol. The van der Waals surface area contributed by atoms with Crippen molar-refractivity contribution in [3.05, 3.63) is 41.5 Å². The first-order chi connectivity index (χ1) is 8.99. The lowest BCUT2D eigenvalue weighted by Crippen LogP contribution is -2.14. The van der Waals surface area contributed by atoms with Crippen LogP contribution in [0.5, 0.6) is 5.75 Å². The maximum Gasteiger partial charge on any atom is 0.330 e. The van der Waals surface area contributed by atoms with E-state index in [-0.39, 0.29) is 5.92 Å². The molecular formula is C15H20O4. The van der Waals surface area contributed by atoms with Gasteiger partial charge < -0.3 is 14.6 Å². The van der Waals surface area contributed by atoms with Gasteiger partial charge in [0.25, 0.3) is 0 Å². The van der Waals surface area contributed by atoms with Gasteiger partial charge in [-0.2, -0.15) is 0 Å². The van der Waals surface area contributed by atoms with E-state index >= 15 is 0 Å². The molecule has 4 nitrogen and oxygen atoms in total. The van der Waals surface area contributed by atoms with Gasteiger partial charge in [-0.05, 0) is 37.1 Å². The Kier molecular flexibility index (Phi) is 5.57. The van der Waals surface area contributed by atoms with E-state index < -0.39 is 12.1 Å². The van der Waals surface area contributed by atoms with Crippen LogP contribution < -0.4 is 4.74 Å². The molecule has 0 heterocycles. The van der Waals surface area contributed by atoms with Gasteiger partial charge in [0.2, 0.25) is 0 Å². The van der Waals surface area contributed by atoms with Crippen molar-refractivity contribution >= 4 is 5.97 Å². The van der Waals surface area contributed by atoms with E-state index in [0.717, 1.165) is 16.9 Å². The summed E-state index contributed by atoms with van der Waals surface area (Å²) in [5.74, 6) is 0.0735. The third kappa shape index (κ3) is 4.10. The lowest BCUT2D eigenvalue weighted by atomic mass is 9.90. The van der Waals surface area contributed by atoms with Crippen LogP contribution in [0.1, 0.15) is 24.0 Å². The van der Waals surface area contributed by atoms with Gasteiger partial charge in [0.15, 0.2) is 0 Å². The van der Waals surface area contributed by atoms with Crippen molar-refractivity contribution in [3.63, 3.8) is 0 Å². The van der Waals surface area contributed by atoms with E-state index in [1.54, 1.807) is 20.1 Å². The Morgan fingerprint density at radius 2 is 2.05 bits per heavy atom. The second-order valence-electron chi connectivity index (χ2n) is 4.37. The highest BCUT2D eigenvalue weighted by atomic mass is 16.5. The lowest BCUT2D eigenvalue weighted by molar-refractivity contribution is -0.134. The molecule has 1 aromatic carbocycles. The molecule has 0 saturated heterocycles. The van der Waals surface area contributed by atoms with Gasteiger partial charge in [-0.3, -0.25) is 0 Å². The Morgan fingerprint density at radius 3 is 2.53 bits per heavy atom. The van der Waals surface area contributed by atoms with Crippen molar-refractivity contribution < 1.29 is 19.4 Å². The minimum absolute atomic E-state index is 0.259. The van der Waals surface area contributed by atoms with Gasteiger partial charge >= 0.3 is 5.97 Å². The zero-order valence-electron chi connectivity index (χ0n) is 11.7. The van der Waals surface area contributed by atoms with E-state index in [1.807, 2.05) is 25.1 Å². The number of aryl methyl sites for hydroxylation is 1. The lowest BCUT2D eigenvalue weighted by Gasteiger charge is -2.19. The number of ether oxygens (including phenoxy) is 2. The third-order valence-electron chi connectivity index (χ3n) is 3.00. The van der Waals surface area contributed by atoms with Gasteiger partial charge in [-0.1, -0.05) is 12.1 Å². The molecule has 0 aliphatic heterocycles. The number of aliphatic hydroxyl groups is 1. The van der Waals surface area contributed by atoms with Crippen molar-refractivity contribution in [2.75, 3.05) is 14.2 Å². The summed E-state index contributed by atoms with van der Waals surface area (Å²) in [5, 5.41) is 9.87. The van der Waals surface area contributed by atoms with Gasteiger partial charge in [0.05, 0.1) is 20.3 Å². The van der Waals surface area contributed by atoms with Gasteiger partial charge in [-0.25, -0.2) is 4.79 Å². The molecule has 0 aliphatic rings. The van der Waals surface area contributed by atoms with Crippen molar-refractivity contribution in [2.45, 2.75) is 25.9 Å². The first-order valence-corrected chi connectivity index (χ1v) is 6.08. The second-order valence-corrected chi connectivity index (χ2v) is 4.37. The minimum Gasteiger partial charge on any atom is -0.497 e. The van der Waals surface area contributed by atoms with Crippen molar-refractivity contribution in [1.82, 2.24) is 0 Å². The van der Waals surface area contributed by atoms with Crippen LogP contribution in [0.15, 0.2) is 30.4 Å². The zero-order valence-corrected chi connectivity index (χ0v) is 11.7. The Labute approximate surface area is 113 Å². The minimum atomic E-state index is -0.604. The number of esters is 1. The Morgan fingerprint density at radius 1 is 1.37 bits per heavy atom. The number of rotatable bonds is 5. The summed E-state index contributed by atoms with van der Waals surface area (Å²) in [5.41, 5.74) is 1.95. The second kappa shape index (κ2) is 6.95. The highest BCUT2D eigenvalue weighted by Crippen LogP contribution is 2.27. The highest BCUT2D eigenvalue weighted by molar-refractivity contribution is 5.81. The Hall–Kier alpha value is -1.81. The van der Waals surface area contributed by atoms with Crippen LogP contribution in [0.2, 0.25) is 0 Å². The van der Waals surface area contributed by atoms with E-state index in [9.17, 15) is 9.90 Å². The van der Waals surface area contributed by atoms with E-state index in [1.165, 1.54) is 13.2 Å². The molecule has 104 valence electrons. The summed E-state index contributed by atoms with van der Waals surface area (Å²) in [7, 11) is 2.93. The molecule has 2 atom stereocenters. The molecule has 0 fully saturated rings. The fourth-order valence-electron chi connectivity index (χ4n) is 1.92. The van der Waals surface area contributed by atoms with Crippen LogP contribution >= 0.6 is 0 Å². The molecule has 0 amide bonds. The molecule has 1 aromatic rings. The fraction of sp³-hybridized carbons (Fsp3) is 0.400. The third-order valence-corrected chi connectivity index (χ3v) is 3.00. The van der Waals surface area contributed by atoms with Crippen LogP contribution in [0, 0.1) is 6.92 Å². The SMILES string of the molecule is COC(=O)/C=C/[C@@H](c1ccc(OC)cc1C)[C@@H](C)O. The summed E-state index contributed by atoms with van der Waals surface area (Å²) < 4.78 is 9.71. The predicted octanol–water partition coefficient (Wildman–Crippen LogP) is 2.20. The predicted molar refractivity (Wildman–Crippen MR) is 73.3 cm³/mol. The summed E-state index contributed by atoms with van der Waals surface area (Å²) in [4.78, 5) is 11.1. The number of methoxy groups -OCH3 is 2. The number of hydrogen-bond acceptors (Lipinski definition) is 4. The molecule has 0 aromatic heterocycles. The summed E-state index contributed by atoms with van der Waals surface area (Å²) in [6.45, 7) is 3.63. The normalized spacial score (nSPS) is 14.2. The number of aliphatic hydroxyl groups excluding tert-OH is 1. The quantitative estimate of drug-likeness (QED) is 0.654. The van der Waals surface area contributed by atoms with E-state index in [4.69, 9.17) is 4.74 Å². The zero-order chi connectivity index (χ0) is 14.4. The molecule has 4 heteroatoms.